The van der Waals surface area contributed by atoms with Crippen molar-refractivity contribution in [2.75, 3.05) is 0 Å². The topological polar surface area (TPSA) is 127 Å². The lowest BCUT2D eigenvalue weighted by Gasteiger charge is -2.46. The predicted octanol–water partition coefficient (Wildman–Crippen LogP) is -1.84. The second-order valence-corrected chi connectivity index (χ2v) is 4.82. The fraction of sp³-hybridized carbons (Fsp3) is 0.833. The van der Waals surface area contributed by atoms with Crippen LogP contribution in [-0.2, 0) is 9.53 Å². The smallest absolute Gasteiger partial charge is 0.335 e. The van der Waals surface area contributed by atoms with Crippen molar-refractivity contribution in [1.82, 2.24) is 0 Å². The molecule has 88 valence electrons. The highest BCUT2D eigenvalue weighted by molar-refractivity contribution is 9.10. The van der Waals surface area contributed by atoms with E-state index in [0.29, 0.717) is 0 Å². The molecule has 1 aliphatic rings. The number of ether oxygens (including phenoxy) is 1. The van der Waals surface area contributed by atoms with Crippen molar-refractivity contribution >= 4 is 33.5 Å². The highest BCUT2D eigenvalue weighted by Crippen LogP contribution is 2.44. The molecular formula is C6H8BrClO7. The lowest BCUT2D eigenvalue weighted by atomic mass is 9.98. The van der Waals surface area contributed by atoms with Crippen LogP contribution in [0.5, 0.6) is 0 Å². The van der Waals surface area contributed by atoms with E-state index in [-0.39, 0.29) is 0 Å². The standard InChI is InChI=1S/C6H8BrClO7/c7-5(13)4(12)15-1(3(10)11)2(9)6(5,8)14/h1-2,4,9,12-14H,(H,10,11)/t1-,2-,4+,5-,6-/m0/s1. The number of aliphatic hydroxyl groups is 4. The molecule has 0 aromatic rings. The molecule has 5 N–H and O–H groups in total. The first kappa shape index (κ1) is 13.1. The lowest BCUT2D eigenvalue weighted by Crippen LogP contribution is -2.70. The van der Waals surface area contributed by atoms with Crippen LogP contribution in [0.15, 0.2) is 0 Å². The SMILES string of the molecule is O=C(O)[C@H]1O[C@@H](O)[C@@](O)(Br)[C@](O)(Cl)[C@H]1O. The van der Waals surface area contributed by atoms with Crippen molar-refractivity contribution in [3.63, 3.8) is 0 Å². The van der Waals surface area contributed by atoms with Crippen LogP contribution in [0.25, 0.3) is 0 Å². The molecule has 7 nitrogen and oxygen atoms in total. The first-order valence-electron chi connectivity index (χ1n) is 3.69. The van der Waals surface area contributed by atoms with Crippen LogP contribution in [0, 0.1) is 0 Å². The minimum absolute atomic E-state index is 1.64. The van der Waals surface area contributed by atoms with E-state index >= 15 is 0 Å². The molecule has 0 aliphatic carbocycles. The zero-order valence-corrected chi connectivity index (χ0v) is 9.38. The van der Waals surface area contributed by atoms with E-state index in [1.54, 1.807) is 0 Å². The Morgan fingerprint density at radius 1 is 1.40 bits per heavy atom. The van der Waals surface area contributed by atoms with Gasteiger partial charge < -0.3 is 30.3 Å². The molecular weight excluding hydrogens is 299 g/mol. The van der Waals surface area contributed by atoms with Gasteiger partial charge in [0.2, 0.25) is 9.57 Å². The van der Waals surface area contributed by atoms with Gasteiger partial charge in [0.25, 0.3) is 0 Å². The van der Waals surface area contributed by atoms with Gasteiger partial charge in [-0.25, -0.2) is 4.79 Å². The van der Waals surface area contributed by atoms with Gasteiger partial charge in [0, 0.05) is 0 Å². The minimum atomic E-state index is -2.80. The van der Waals surface area contributed by atoms with E-state index in [4.69, 9.17) is 16.7 Å². The Bertz CT molecular complexity index is 281. The molecule has 1 rings (SSSR count). The fourth-order valence-electron chi connectivity index (χ4n) is 1.08. The van der Waals surface area contributed by atoms with Crippen LogP contribution < -0.4 is 0 Å². The predicted molar refractivity (Wildman–Crippen MR) is 49.2 cm³/mol. The zero-order valence-electron chi connectivity index (χ0n) is 7.04. The van der Waals surface area contributed by atoms with Crippen LogP contribution in [-0.4, -0.2) is 59.6 Å². The molecule has 0 bridgehead atoms. The Hall–Kier alpha value is 0.0400. The number of carbonyl (C=O) groups is 1. The monoisotopic (exact) mass is 306 g/mol. The second-order valence-electron chi connectivity index (χ2n) is 3.04. The zero-order chi connectivity index (χ0) is 12.0. The molecule has 0 saturated carbocycles. The highest BCUT2D eigenvalue weighted by atomic mass is 79.9. The molecule has 1 aliphatic heterocycles. The number of hydrogen-bond donors (Lipinski definition) is 5. The quantitative estimate of drug-likeness (QED) is 0.360. The maximum Gasteiger partial charge on any atom is 0.335 e. The van der Waals surface area contributed by atoms with Gasteiger partial charge in [0.15, 0.2) is 12.4 Å². The maximum absolute atomic E-state index is 10.5. The number of aliphatic carboxylic acids is 1. The van der Waals surface area contributed by atoms with Gasteiger partial charge in [-0.15, -0.1) is 0 Å². The van der Waals surface area contributed by atoms with E-state index in [1.165, 1.54) is 0 Å². The molecule has 0 aromatic heterocycles. The Kier molecular flexibility index (Phi) is 3.33. The van der Waals surface area contributed by atoms with Crippen LogP contribution in [0.3, 0.4) is 0 Å². The molecule has 1 heterocycles. The molecule has 15 heavy (non-hydrogen) atoms. The minimum Gasteiger partial charge on any atom is -0.479 e. The Labute approximate surface area is 97.0 Å². The van der Waals surface area contributed by atoms with Crippen LogP contribution in [0.1, 0.15) is 0 Å². The molecule has 0 aromatic carbocycles. The molecule has 0 spiro atoms. The Morgan fingerprint density at radius 2 is 1.87 bits per heavy atom. The van der Waals surface area contributed by atoms with Gasteiger partial charge >= 0.3 is 5.97 Å². The van der Waals surface area contributed by atoms with Crippen LogP contribution >= 0.6 is 27.5 Å². The number of carboxylic acids is 1. The first-order chi connectivity index (χ1) is 6.62. The number of rotatable bonds is 1. The molecule has 0 amide bonds. The number of aliphatic hydroxyl groups excluding tert-OH is 2. The van der Waals surface area contributed by atoms with E-state index in [2.05, 4.69) is 20.7 Å². The van der Waals surface area contributed by atoms with Crippen molar-refractivity contribution in [3.8, 4) is 0 Å². The number of alkyl halides is 2. The Balaban J connectivity index is 3.07. The van der Waals surface area contributed by atoms with Crippen molar-refractivity contribution in [2.45, 2.75) is 28.1 Å². The first-order valence-corrected chi connectivity index (χ1v) is 4.86. The average molecular weight is 307 g/mol. The van der Waals surface area contributed by atoms with Gasteiger partial charge in [0.05, 0.1) is 0 Å². The van der Waals surface area contributed by atoms with E-state index in [9.17, 15) is 25.2 Å². The van der Waals surface area contributed by atoms with Crippen molar-refractivity contribution in [3.05, 3.63) is 0 Å². The molecule has 0 unspecified atom stereocenters. The summed E-state index contributed by atoms with van der Waals surface area (Å²) in [5.74, 6) is -1.64. The average Bonchev–Trinajstić information content (AvgIpc) is 2.09. The Morgan fingerprint density at radius 3 is 2.27 bits per heavy atom. The summed E-state index contributed by atoms with van der Waals surface area (Å²) in [7, 11) is 0. The molecule has 1 fully saturated rings. The fourth-order valence-corrected chi connectivity index (χ4v) is 1.63. The number of halogens is 2. The van der Waals surface area contributed by atoms with E-state index in [0.717, 1.165) is 0 Å². The molecule has 1 saturated heterocycles. The van der Waals surface area contributed by atoms with Crippen molar-refractivity contribution in [2.24, 2.45) is 0 Å². The second kappa shape index (κ2) is 3.81. The van der Waals surface area contributed by atoms with E-state index in [1.807, 2.05) is 0 Å². The van der Waals surface area contributed by atoms with Gasteiger partial charge in [-0.2, -0.15) is 0 Å². The van der Waals surface area contributed by atoms with Crippen molar-refractivity contribution in [1.29, 1.82) is 0 Å². The summed E-state index contributed by atoms with van der Waals surface area (Å²) in [5, 5.41) is 43.2. The van der Waals surface area contributed by atoms with Gasteiger partial charge in [-0.1, -0.05) is 11.6 Å². The summed E-state index contributed by atoms with van der Waals surface area (Å²) in [6.07, 6.45) is -6.17. The third-order valence-corrected chi connectivity index (χ3v) is 3.75. The largest absolute Gasteiger partial charge is 0.479 e. The third-order valence-electron chi connectivity index (χ3n) is 2.02. The van der Waals surface area contributed by atoms with Crippen LogP contribution in [0.2, 0.25) is 0 Å². The summed E-state index contributed by atoms with van der Waals surface area (Å²) < 4.78 is 1.80. The summed E-state index contributed by atoms with van der Waals surface area (Å²) in [6, 6.07) is 0. The summed E-state index contributed by atoms with van der Waals surface area (Å²) in [4.78, 5) is 10.5. The third kappa shape index (κ3) is 1.86. The molecule has 0 radical (unpaired) electrons. The number of carboxylic acid groups (broad SMARTS) is 1. The lowest BCUT2D eigenvalue weighted by molar-refractivity contribution is -0.301. The van der Waals surface area contributed by atoms with Crippen LogP contribution in [0.4, 0.5) is 0 Å². The summed E-state index contributed by atoms with van der Waals surface area (Å²) >= 11 is 7.80. The van der Waals surface area contributed by atoms with E-state index < -0.39 is 34.0 Å². The van der Waals surface area contributed by atoms with Gasteiger partial charge in [-0.3, -0.25) is 0 Å². The van der Waals surface area contributed by atoms with Crippen molar-refractivity contribution < 1.29 is 35.1 Å². The normalized spacial score (nSPS) is 51.5. The van der Waals surface area contributed by atoms with Gasteiger partial charge in [0.1, 0.15) is 6.10 Å². The highest BCUT2D eigenvalue weighted by Gasteiger charge is 2.64. The summed E-state index contributed by atoms with van der Waals surface area (Å²) in [5.41, 5.74) is 0. The van der Waals surface area contributed by atoms with Gasteiger partial charge in [-0.05, 0) is 15.9 Å². The molecule has 5 atom stereocenters. The number of hydrogen-bond acceptors (Lipinski definition) is 6. The summed E-state index contributed by atoms with van der Waals surface area (Å²) in [6.45, 7) is 0. The molecule has 9 heteroatoms. The maximum atomic E-state index is 10.5.